The molecule has 1 aromatic rings. The van der Waals surface area contributed by atoms with Gasteiger partial charge in [0, 0.05) is 0 Å². The molecule has 0 N–H and O–H groups in total. The summed E-state index contributed by atoms with van der Waals surface area (Å²) in [5.74, 6) is -0.0494. The Morgan fingerprint density at radius 2 is 1.58 bits per heavy atom. The van der Waals surface area contributed by atoms with Gasteiger partial charge >= 0.3 is 18.9 Å². The van der Waals surface area contributed by atoms with E-state index in [1.807, 2.05) is 12.1 Å². The van der Waals surface area contributed by atoms with E-state index in [1.165, 1.54) is 6.07 Å². The van der Waals surface area contributed by atoms with Gasteiger partial charge in [0.1, 0.15) is 5.82 Å². The average molecular weight is 176 g/mol. The van der Waals surface area contributed by atoms with Gasteiger partial charge in [-0.15, -0.1) is 0 Å². The summed E-state index contributed by atoms with van der Waals surface area (Å²) in [6, 6.07) is 7.06. The van der Waals surface area contributed by atoms with E-state index >= 15 is 0 Å². The molecule has 0 saturated carbocycles. The van der Waals surface area contributed by atoms with E-state index in [0.717, 1.165) is 5.19 Å². The predicted octanol–water partition coefficient (Wildman–Crippen LogP) is 1.72. The van der Waals surface area contributed by atoms with Crippen LogP contribution in [0.15, 0.2) is 24.3 Å². The Hall–Kier alpha value is -0.0357. The summed E-state index contributed by atoms with van der Waals surface area (Å²) < 4.78 is 13.1. The van der Waals surface area contributed by atoms with Gasteiger partial charge in [-0.1, -0.05) is 37.8 Å². The van der Waals surface area contributed by atoms with Crippen LogP contribution in [0.1, 0.15) is 0 Å². The van der Waals surface area contributed by atoms with Gasteiger partial charge in [0.05, 0.1) is 8.07 Å². The zero-order valence-electron chi connectivity index (χ0n) is 7.19. The van der Waals surface area contributed by atoms with E-state index < -0.39 is 8.07 Å². The molecule has 0 nitrogen and oxygen atoms in total. The quantitative estimate of drug-likeness (QED) is 0.572. The molecule has 12 heavy (non-hydrogen) atoms. The molecule has 0 unspecified atom stereocenters. The van der Waals surface area contributed by atoms with E-state index in [1.54, 1.807) is 6.07 Å². The van der Waals surface area contributed by atoms with Crippen molar-refractivity contribution in [3.63, 3.8) is 0 Å². The van der Waals surface area contributed by atoms with Crippen LogP contribution in [0.4, 0.5) is 4.39 Å². The molecule has 62 valence electrons. The molecule has 0 bridgehead atoms. The second-order valence-electron chi connectivity index (χ2n) is 3.73. The second kappa shape index (κ2) is 4.27. The fourth-order valence-electron chi connectivity index (χ4n) is 1.07. The van der Waals surface area contributed by atoms with E-state index in [4.69, 9.17) is 0 Å². The molecule has 3 heteroatoms. The molecule has 0 saturated heterocycles. The first-order valence-corrected chi connectivity index (χ1v) is 7.27. The summed E-state index contributed by atoms with van der Waals surface area (Å²) in [6.45, 7) is 6.43. The first kappa shape index (κ1) is 12.0. The van der Waals surface area contributed by atoms with Crippen molar-refractivity contribution in [2.45, 2.75) is 19.6 Å². The van der Waals surface area contributed by atoms with E-state index in [9.17, 15) is 4.39 Å². The van der Waals surface area contributed by atoms with Gasteiger partial charge in [-0.2, -0.15) is 0 Å². The van der Waals surface area contributed by atoms with Gasteiger partial charge in [-0.25, -0.2) is 4.39 Å². The van der Waals surface area contributed by atoms with E-state index in [-0.39, 0.29) is 24.7 Å². The van der Waals surface area contributed by atoms with Crippen LogP contribution in [-0.4, -0.2) is 26.9 Å². The van der Waals surface area contributed by atoms with Gasteiger partial charge in [0.15, 0.2) is 0 Å². The summed E-state index contributed by atoms with van der Waals surface area (Å²) >= 11 is 0. The van der Waals surface area contributed by atoms with Gasteiger partial charge in [-0.05, 0) is 11.3 Å². The standard InChI is InChI=1S/C9H13FSi.Li.H/c1-11(2,3)9-7-5-4-6-8(9)10;;/h4-7H,1-3H3;;. The molecule has 0 atom stereocenters. The first-order chi connectivity index (χ1) is 5.02. The van der Waals surface area contributed by atoms with Crippen molar-refractivity contribution in [1.82, 2.24) is 0 Å². The van der Waals surface area contributed by atoms with Crippen molar-refractivity contribution in [1.29, 1.82) is 0 Å². The molecule has 1 aromatic carbocycles. The summed E-state index contributed by atoms with van der Waals surface area (Å²) in [4.78, 5) is 0. The zero-order chi connectivity index (χ0) is 8.48. The van der Waals surface area contributed by atoms with Gasteiger partial charge in [0.2, 0.25) is 0 Å². The fraction of sp³-hybridized carbons (Fsp3) is 0.333. The fourth-order valence-corrected chi connectivity index (χ4v) is 2.47. The Balaban J connectivity index is 0.00000121. The van der Waals surface area contributed by atoms with Crippen molar-refractivity contribution in [2.75, 3.05) is 0 Å². The Bertz CT molecular complexity index is 255. The molecule has 0 aliphatic heterocycles. The van der Waals surface area contributed by atoms with Gasteiger partial charge in [0.25, 0.3) is 0 Å². The third-order valence-corrected chi connectivity index (χ3v) is 3.70. The molecule has 0 amide bonds. The summed E-state index contributed by atoms with van der Waals surface area (Å²) in [5, 5.41) is 0.917. The third kappa shape index (κ3) is 2.78. The molecule has 0 aliphatic carbocycles. The predicted molar refractivity (Wildman–Crippen MR) is 56.5 cm³/mol. The van der Waals surface area contributed by atoms with Crippen LogP contribution in [0.2, 0.25) is 19.6 Å². The summed E-state index contributed by atoms with van der Waals surface area (Å²) in [6.07, 6.45) is 0. The topological polar surface area (TPSA) is 0 Å². The number of hydrogen-bond donors (Lipinski definition) is 0. The average Bonchev–Trinajstić information content (AvgIpc) is 1.86. The summed E-state index contributed by atoms with van der Waals surface area (Å²) in [5.41, 5.74) is 0. The third-order valence-electron chi connectivity index (χ3n) is 1.68. The van der Waals surface area contributed by atoms with E-state index in [0.29, 0.717) is 0 Å². The van der Waals surface area contributed by atoms with Crippen LogP contribution in [0, 0.1) is 5.82 Å². The molecule has 0 spiro atoms. The summed E-state index contributed by atoms with van der Waals surface area (Å²) in [7, 11) is -1.45. The molecular formula is C9H14FLiSi. The Morgan fingerprint density at radius 1 is 1.08 bits per heavy atom. The van der Waals surface area contributed by atoms with Crippen LogP contribution >= 0.6 is 0 Å². The normalized spacial score (nSPS) is 10.7. The van der Waals surface area contributed by atoms with Crippen LogP contribution in [0.3, 0.4) is 0 Å². The maximum absolute atomic E-state index is 13.1. The SMILES string of the molecule is C[Si](C)(C)c1ccccc1F.[LiH]. The minimum absolute atomic E-state index is 0. The number of rotatable bonds is 1. The van der Waals surface area contributed by atoms with Gasteiger partial charge in [-0.3, -0.25) is 0 Å². The molecule has 1 rings (SSSR count). The Labute approximate surface area is 86.4 Å². The van der Waals surface area contributed by atoms with Crippen LogP contribution < -0.4 is 5.19 Å². The van der Waals surface area contributed by atoms with Crippen molar-refractivity contribution < 1.29 is 4.39 Å². The monoisotopic (exact) mass is 176 g/mol. The van der Waals surface area contributed by atoms with Crippen molar-refractivity contribution in [3.8, 4) is 0 Å². The number of hydrogen-bond acceptors (Lipinski definition) is 0. The molecular weight excluding hydrogens is 162 g/mol. The van der Waals surface area contributed by atoms with Crippen molar-refractivity contribution >= 4 is 32.1 Å². The minimum atomic E-state index is -1.45. The number of halogens is 1. The van der Waals surface area contributed by atoms with Crippen LogP contribution in [0.5, 0.6) is 0 Å². The molecule has 0 heterocycles. The second-order valence-corrected chi connectivity index (χ2v) is 8.77. The first-order valence-electron chi connectivity index (χ1n) is 3.77. The van der Waals surface area contributed by atoms with Gasteiger partial charge < -0.3 is 0 Å². The zero-order valence-corrected chi connectivity index (χ0v) is 8.19. The Kier molecular flexibility index (Phi) is 4.26. The van der Waals surface area contributed by atoms with Crippen molar-refractivity contribution in [3.05, 3.63) is 30.1 Å². The van der Waals surface area contributed by atoms with E-state index in [2.05, 4.69) is 19.6 Å². The van der Waals surface area contributed by atoms with Crippen LogP contribution in [0.25, 0.3) is 0 Å². The number of benzene rings is 1. The molecule has 0 fully saturated rings. The van der Waals surface area contributed by atoms with Crippen molar-refractivity contribution in [2.24, 2.45) is 0 Å². The van der Waals surface area contributed by atoms with Crippen LogP contribution in [-0.2, 0) is 0 Å². The Morgan fingerprint density at radius 3 is 1.92 bits per heavy atom. The molecule has 0 aromatic heterocycles. The maximum atomic E-state index is 13.1. The molecule has 0 aliphatic rings. The molecule has 0 radical (unpaired) electrons.